The van der Waals surface area contributed by atoms with Crippen LogP contribution in [0.1, 0.15) is 62.3 Å². The van der Waals surface area contributed by atoms with E-state index < -0.39 is 5.97 Å². The van der Waals surface area contributed by atoms with Crippen LogP contribution >= 0.6 is 11.3 Å². The first kappa shape index (κ1) is 27.4. The van der Waals surface area contributed by atoms with Gasteiger partial charge in [-0.2, -0.15) is 5.26 Å². The lowest BCUT2D eigenvalue weighted by atomic mass is 9.91. The van der Waals surface area contributed by atoms with Gasteiger partial charge < -0.3 is 9.67 Å². The standard InChI is InChI=1S/C33H29FN6O2S/c34-27-12-20(15-35)4-5-21(27)6-8-23-2-1-3-28(37-23)25-10-11-39(30-14-26(25)30)18-32-38-29-9-7-22(33(41)42)13-31(29)40(32)17-24-16-36-19-43-24/h1-5,7,9,12-13,16,19,25-26,30H,6,8,10-11,14,17-18H2,(H,41,42)/t25-,26-,30-/m1/s1. The lowest BCUT2D eigenvalue weighted by Crippen LogP contribution is -2.35. The Hall–Kier alpha value is -4.46. The number of benzene rings is 2. The molecule has 10 heteroatoms. The summed E-state index contributed by atoms with van der Waals surface area (Å²) in [6, 6.07) is 18.4. The topological polar surface area (TPSA) is 108 Å². The summed E-state index contributed by atoms with van der Waals surface area (Å²) in [5.74, 6) is 0.569. The lowest BCUT2D eigenvalue weighted by Gasteiger charge is -2.31. The highest BCUT2D eigenvalue weighted by molar-refractivity contribution is 7.09. The van der Waals surface area contributed by atoms with Crippen molar-refractivity contribution in [2.24, 2.45) is 5.92 Å². The number of hydrogen-bond acceptors (Lipinski definition) is 7. The van der Waals surface area contributed by atoms with E-state index in [0.29, 0.717) is 54.9 Å². The smallest absolute Gasteiger partial charge is 0.335 e. The van der Waals surface area contributed by atoms with Crippen molar-refractivity contribution in [3.8, 4) is 6.07 Å². The number of carboxylic acids is 1. The Bertz CT molecular complexity index is 1860. The Balaban J connectivity index is 1.06. The second kappa shape index (κ2) is 11.3. The van der Waals surface area contributed by atoms with E-state index in [2.05, 4.69) is 26.6 Å². The highest BCUT2D eigenvalue weighted by Gasteiger charge is 2.50. The molecule has 1 aliphatic carbocycles. The third-order valence-electron chi connectivity index (χ3n) is 8.77. The van der Waals surface area contributed by atoms with Crippen LogP contribution < -0.4 is 0 Å². The fourth-order valence-electron chi connectivity index (χ4n) is 6.49. The number of nitrogens with zero attached hydrogens (tertiary/aromatic N) is 6. The van der Waals surface area contributed by atoms with Crippen molar-refractivity contribution < 1.29 is 14.3 Å². The zero-order chi connectivity index (χ0) is 29.5. The molecule has 0 radical (unpaired) electrons. The number of thiazole rings is 1. The second-order valence-corrected chi connectivity index (χ2v) is 12.4. The van der Waals surface area contributed by atoms with Gasteiger partial charge in [0.2, 0.25) is 0 Å². The first-order chi connectivity index (χ1) is 21.0. The highest BCUT2D eigenvalue weighted by atomic mass is 32.1. The molecule has 1 aliphatic heterocycles. The third kappa shape index (κ3) is 5.54. The van der Waals surface area contributed by atoms with Crippen LogP contribution in [0, 0.1) is 23.1 Å². The van der Waals surface area contributed by atoms with Crippen LogP contribution in [0.25, 0.3) is 11.0 Å². The van der Waals surface area contributed by atoms with Gasteiger partial charge in [0.25, 0.3) is 0 Å². The molecule has 216 valence electrons. The summed E-state index contributed by atoms with van der Waals surface area (Å²) in [5.41, 5.74) is 6.69. The number of piperidine rings is 1. The molecule has 2 aromatic carbocycles. The van der Waals surface area contributed by atoms with Crippen molar-refractivity contribution in [2.75, 3.05) is 6.54 Å². The number of halogens is 1. The molecular formula is C33H29FN6O2S. The summed E-state index contributed by atoms with van der Waals surface area (Å²) in [7, 11) is 0. The Morgan fingerprint density at radius 3 is 2.81 bits per heavy atom. The van der Waals surface area contributed by atoms with Gasteiger partial charge in [0.05, 0.1) is 46.8 Å². The number of rotatable bonds is 9. The molecular weight excluding hydrogens is 563 g/mol. The van der Waals surface area contributed by atoms with Gasteiger partial charge in [-0.25, -0.2) is 14.2 Å². The maximum atomic E-state index is 14.4. The van der Waals surface area contributed by atoms with Crippen LogP contribution in [0.2, 0.25) is 0 Å². The number of pyridine rings is 1. The Morgan fingerprint density at radius 2 is 2.02 bits per heavy atom. The number of carbonyl (C=O) groups is 1. The molecule has 1 N–H and O–H groups in total. The Kier molecular flexibility index (Phi) is 7.21. The quantitative estimate of drug-likeness (QED) is 0.230. The van der Waals surface area contributed by atoms with E-state index in [0.717, 1.165) is 52.5 Å². The van der Waals surface area contributed by atoms with Crippen LogP contribution in [0.15, 0.2) is 66.3 Å². The molecule has 3 aromatic heterocycles. The van der Waals surface area contributed by atoms with Gasteiger partial charge in [0.15, 0.2) is 0 Å². The summed E-state index contributed by atoms with van der Waals surface area (Å²) >= 11 is 1.58. The first-order valence-electron chi connectivity index (χ1n) is 14.4. The van der Waals surface area contributed by atoms with Gasteiger partial charge in [0.1, 0.15) is 11.6 Å². The van der Waals surface area contributed by atoms with Crippen LogP contribution in [-0.2, 0) is 25.9 Å². The number of aromatic nitrogens is 4. The number of aryl methyl sites for hydroxylation is 2. The van der Waals surface area contributed by atoms with E-state index in [1.54, 1.807) is 41.7 Å². The van der Waals surface area contributed by atoms with Crippen molar-refractivity contribution in [1.82, 2.24) is 24.4 Å². The number of aromatic carboxylic acids is 1. The molecule has 5 aromatic rings. The van der Waals surface area contributed by atoms with E-state index in [1.807, 2.05) is 23.8 Å². The average molecular weight is 593 g/mol. The minimum atomic E-state index is -0.948. The molecule has 1 saturated heterocycles. The minimum Gasteiger partial charge on any atom is -0.478 e. The molecule has 3 atom stereocenters. The molecule has 0 bridgehead atoms. The Morgan fingerprint density at radius 1 is 1.12 bits per heavy atom. The minimum absolute atomic E-state index is 0.254. The number of hydrogen-bond donors (Lipinski definition) is 1. The molecule has 0 unspecified atom stereocenters. The van der Waals surface area contributed by atoms with E-state index in [9.17, 15) is 14.3 Å². The van der Waals surface area contributed by atoms with Gasteiger partial charge in [-0.15, -0.1) is 11.3 Å². The largest absolute Gasteiger partial charge is 0.478 e. The normalized spacial score (nSPS) is 19.7. The van der Waals surface area contributed by atoms with E-state index >= 15 is 0 Å². The van der Waals surface area contributed by atoms with Crippen LogP contribution in [0.3, 0.4) is 0 Å². The Labute approximate surface area is 252 Å². The molecule has 0 spiro atoms. The van der Waals surface area contributed by atoms with E-state index in [1.165, 1.54) is 6.07 Å². The average Bonchev–Trinajstić information content (AvgIpc) is 3.53. The van der Waals surface area contributed by atoms with Crippen LogP contribution in [-0.4, -0.2) is 48.1 Å². The third-order valence-corrected chi connectivity index (χ3v) is 9.54. The summed E-state index contributed by atoms with van der Waals surface area (Å²) in [4.78, 5) is 29.5. The van der Waals surface area contributed by atoms with Gasteiger partial charge in [-0.1, -0.05) is 12.1 Å². The summed E-state index contributed by atoms with van der Waals surface area (Å²) < 4.78 is 16.5. The number of likely N-dealkylation sites (tertiary alicyclic amines) is 1. The number of nitriles is 1. The van der Waals surface area contributed by atoms with Crippen molar-refractivity contribution in [3.63, 3.8) is 0 Å². The zero-order valence-corrected chi connectivity index (χ0v) is 24.2. The second-order valence-electron chi connectivity index (χ2n) is 11.4. The van der Waals surface area contributed by atoms with Crippen LogP contribution in [0.5, 0.6) is 0 Å². The first-order valence-corrected chi connectivity index (χ1v) is 15.3. The van der Waals surface area contributed by atoms with Crippen molar-refractivity contribution in [3.05, 3.63) is 111 Å². The molecule has 8 nitrogen and oxygen atoms in total. The lowest BCUT2D eigenvalue weighted by molar-refractivity contribution is 0.0697. The number of carboxylic acid groups (broad SMARTS) is 1. The monoisotopic (exact) mass is 592 g/mol. The van der Waals surface area contributed by atoms with E-state index in [4.69, 9.17) is 15.2 Å². The van der Waals surface area contributed by atoms with Crippen LogP contribution in [0.4, 0.5) is 4.39 Å². The van der Waals surface area contributed by atoms with Gasteiger partial charge in [-0.05, 0) is 86.2 Å². The van der Waals surface area contributed by atoms with Gasteiger partial charge >= 0.3 is 5.97 Å². The molecule has 4 heterocycles. The predicted octanol–water partition coefficient (Wildman–Crippen LogP) is 5.81. The van der Waals surface area contributed by atoms with E-state index in [-0.39, 0.29) is 11.4 Å². The predicted molar refractivity (Wildman–Crippen MR) is 160 cm³/mol. The summed E-state index contributed by atoms with van der Waals surface area (Å²) in [6.07, 6.45) is 5.15. The molecule has 43 heavy (non-hydrogen) atoms. The van der Waals surface area contributed by atoms with Crippen molar-refractivity contribution in [1.29, 1.82) is 5.26 Å². The van der Waals surface area contributed by atoms with Gasteiger partial charge in [-0.3, -0.25) is 14.9 Å². The molecule has 7 rings (SSSR count). The zero-order valence-electron chi connectivity index (χ0n) is 23.4. The fraction of sp³-hybridized carbons (Fsp3) is 0.303. The molecule has 2 fully saturated rings. The molecule has 1 saturated carbocycles. The summed E-state index contributed by atoms with van der Waals surface area (Å²) in [6.45, 7) is 2.24. The summed E-state index contributed by atoms with van der Waals surface area (Å²) in [5, 5.41) is 18.6. The maximum Gasteiger partial charge on any atom is 0.335 e. The maximum absolute atomic E-state index is 14.4. The highest BCUT2D eigenvalue weighted by Crippen LogP contribution is 2.51. The van der Waals surface area contributed by atoms with Crippen molar-refractivity contribution in [2.45, 2.75) is 50.7 Å². The van der Waals surface area contributed by atoms with Gasteiger partial charge in [0, 0.05) is 34.4 Å². The van der Waals surface area contributed by atoms with Crippen molar-refractivity contribution >= 4 is 28.3 Å². The number of imidazole rings is 1. The molecule has 0 amide bonds. The SMILES string of the molecule is N#Cc1ccc(CCc2cccc([C@@H]3CCN(Cc4nc5ccc(C(=O)O)cc5n4Cc4cncs4)[C@@H]4C[C@@H]43)n2)c(F)c1. The molecule has 2 aliphatic rings. The number of fused-ring (bicyclic) bond motifs is 2. The fourth-order valence-corrected chi connectivity index (χ4v) is 7.07.